The van der Waals surface area contributed by atoms with Crippen molar-refractivity contribution in [3.63, 3.8) is 0 Å². The molecule has 1 N–H and O–H groups in total. The molecule has 2 aliphatic rings. The van der Waals surface area contributed by atoms with Crippen molar-refractivity contribution in [3.8, 4) is 11.5 Å². The van der Waals surface area contributed by atoms with Gasteiger partial charge in [-0.15, -0.1) is 8.86 Å². The van der Waals surface area contributed by atoms with Crippen LogP contribution in [-0.2, 0) is 6.42 Å². The van der Waals surface area contributed by atoms with Crippen LogP contribution in [0.1, 0.15) is 43.9 Å². The number of phenols is 1. The van der Waals surface area contributed by atoms with E-state index in [0.29, 0.717) is 17.7 Å². The quantitative estimate of drug-likeness (QED) is 0.863. The topological polar surface area (TPSA) is 32.7 Å². The van der Waals surface area contributed by atoms with E-state index in [1.807, 2.05) is 12.1 Å². The van der Waals surface area contributed by atoms with Gasteiger partial charge in [0.1, 0.15) is 0 Å². The third-order valence-electron chi connectivity index (χ3n) is 5.03. The maximum absolute atomic E-state index is 10.0. The van der Waals surface area contributed by atoms with Gasteiger partial charge < -0.3 is 9.84 Å². The zero-order chi connectivity index (χ0) is 15.9. The molecular formula is C18H26NO2P. The van der Waals surface area contributed by atoms with Crippen molar-refractivity contribution in [2.24, 2.45) is 11.8 Å². The number of rotatable bonds is 3. The van der Waals surface area contributed by atoms with Crippen LogP contribution in [-0.4, -0.2) is 35.5 Å². The Bertz CT molecular complexity index is 585. The molecule has 3 nitrogen and oxygen atoms in total. The third kappa shape index (κ3) is 2.89. The third-order valence-corrected chi connectivity index (χ3v) is 5.64. The fourth-order valence-corrected chi connectivity index (χ4v) is 4.35. The summed E-state index contributed by atoms with van der Waals surface area (Å²) in [5.41, 5.74) is 2.58. The molecule has 1 saturated heterocycles. The lowest BCUT2D eigenvalue weighted by atomic mass is 9.80. The number of hydrogen-bond donors (Lipinski definition) is 1. The van der Waals surface area contributed by atoms with Gasteiger partial charge in [0, 0.05) is 19.1 Å². The zero-order valence-electron chi connectivity index (χ0n) is 13.7. The summed E-state index contributed by atoms with van der Waals surface area (Å²) in [4.78, 5) is 2.61. The van der Waals surface area contributed by atoms with E-state index >= 15 is 0 Å². The van der Waals surface area contributed by atoms with Crippen molar-refractivity contribution in [2.75, 3.05) is 20.2 Å². The Labute approximate surface area is 135 Å². The molecule has 0 spiro atoms. The summed E-state index contributed by atoms with van der Waals surface area (Å²) in [6, 6.07) is 4.33. The molecule has 1 fully saturated rings. The lowest BCUT2D eigenvalue weighted by molar-refractivity contribution is 0.149. The minimum Gasteiger partial charge on any atom is -0.504 e. The summed E-state index contributed by atoms with van der Waals surface area (Å²) in [5, 5.41) is 11.4. The molecule has 0 amide bonds. The number of benzene rings is 1. The highest BCUT2D eigenvalue weighted by molar-refractivity contribution is 7.21. The first-order valence-electron chi connectivity index (χ1n) is 8.20. The highest BCUT2D eigenvalue weighted by atomic mass is 31.0. The number of methoxy groups -OCH3 is 1. The molecule has 2 aliphatic heterocycles. The fourth-order valence-electron chi connectivity index (χ4n) is 3.95. The Balaban J connectivity index is 1.88. The van der Waals surface area contributed by atoms with Gasteiger partial charge in [-0.25, -0.2) is 0 Å². The average molecular weight is 319 g/mol. The van der Waals surface area contributed by atoms with E-state index < -0.39 is 0 Å². The molecule has 2 unspecified atom stereocenters. The molecule has 0 aromatic heterocycles. The standard InChI is InChI=1S/C18H26NO2P/c1-11(2)6-13-10-19-5-4-12-7-16(20)17(21-3)8-14(12)15(19)9-18(13)22/h7-8,11,13,15,20,22H,4-6,9-10H2,1-3H3. The number of nitrogens with zero attached hydrogens (tertiary/aromatic N) is 1. The summed E-state index contributed by atoms with van der Waals surface area (Å²) in [6.45, 7) is 6.80. The van der Waals surface area contributed by atoms with Crippen LogP contribution in [0.2, 0.25) is 0 Å². The largest absolute Gasteiger partial charge is 0.504 e. The number of aromatic hydroxyl groups is 1. The van der Waals surface area contributed by atoms with Crippen LogP contribution in [0.3, 0.4) is 0 Å². The number of hydrogen-bond acceptors (Lipinski definition) is 3. The summed E-state index contributed by atoms with van der Waals surface area (Å²) in [5.74, 6) is 2.21. The Morgan fingerprint density at radius 1 is 1.41 bits per heavy atom. The molecule has 0 bridgehead atoms. The number of fused-ring (bicyclic) bond motifs is 3. The molecule has 3 rings (SSSR count). The van der Waals surface area contributed by atoms with E-state index in [-0.39, 0.29) is 5.75 Å². The summed E-state index contributed by atoms with van der Waals surface area (Å²) >= 11 is 0. The van der Waals surface area contributed by atoms with Gasteiger partial charge in [-0.2, -0.15) is 0 Å². The molecule has 2 heterocycles. The van der Waals surface area contributed by atoms with Crippen molar-refractivity contribution in [3.05, 3.63) is 23.3 Å². The van der Waals surface area contributed by atoms with Crippen LogP contribution >= 0.6 is 8.86 Å². The van der Waals surface area contributed by atoms with E-state index in [1.165, 1.54) is 22.8 Å². The van der Waals surface area contributed by atoms with Crippen molar-refractivity contribution in [1.82, 2.24) is 4.90 Å². The predicted molar refractivity (Wildman–Crippen MR) is 93.6 cm³/mol. The molecule has 4 heteroatoms. The Morgan fingerprint density at radius 3 is 2.86 bits per heavy atom. The molecule has 0 saturated carbocycles. The van der Waals surface area contributed by atoms with Crippen LogP contribution in [0.5, 0.6) is 11.5 Å². The monoisotopic (exact) mass is 319 g/mol. The molecule has 0 aliphatic carbocycles. The first-order valence-corrected chi connectivity index (χ1v) is 8.70. The summed E-state index contributed by atoms with van der Waals surface area (Å²) in [7, 11) is 5.53. The molecule has 22 heavy (non-hydrogen) atoms. The van der Waals surface area contributed by atoms with E-state index in [1.54, 1.807) is 7.11 Å². The number of ether oxygens (including phenoxy) is 1. The Hall–Kier alpha value is -1.05. The Kier molecular flexibility index (Phi) is 4.47. The van der Waals surface area contributed by atoms with Gasteiger partial charge in [0.2, 0.25) is 0 Å². The maximum Gasteiger partial charge on any atom is 0.160 e. The van der Waals surface area contributed by atoms with Gasteiger partial charge in [-0.1, -0.05) is 13.8 Å². The summed E-state index contributed by atoms with van der Waals surface area (Å²) < 4.78 is 5.30. The lowest BCUT2D eigenvalue weighted by Crippen LogP contribution is -2.46. The van der Waals surface area contributed by atoms with Crippen molar-refractivity contribution in [2.45, 2.75) is 39.2 Å². The second-order valence-electron chi connectivity index (χ2n) is 7.04. The minimum atomic E-state index is 0.255. The molecule has 1 aromatic rings. The minimum absolute atomic E-state index is 0.255. The van der Waals surface area contributed by atoms with Gasteiger partial charge in [-0.3, -0.25) is 4.90 Å². The predicted octanol–water partition coefficient (Wildman–Crippen LogP) is 3.68. The average Bonchev–Trinajstić information content (AvgIpc) is 2.47. The highest BCUT2D eigenvalue weighted by Crippen LogP contribution is 2.42. The zero-order valence-corrected chi connectivity index (χ0v) is 14.7. The fraction of sp³-hybridized carbons (Fsp3) is 0.611. The first-order chi connectivity index (χ1) is 10.5. The second kappa shape index (κ2) is 6.22. The van der Waals surface area contributed by atoms with E-state index in [4.69, 9.17) is 4.74 Å². The lowest BCUT2D eigenvalue weighted by Gasteiger charge is -2.45. The van der Waals surface area contributed by atoms with E-state index in [0.717, 1.165) is 31.8 Å². The first kappa shape index (κ1) is 15.8. The van der Waals surface area contributed by atoms with Crippen LogP contribution in [0, 0.1) is 11.8 Å². The molecule has 1 aromatic carbocycles. The Morgan fingerprint density at radius 2 is 2.18 bits per heavy atom. The van der Waals surface area contributed by atoms with Gasteiger partial charge in [-0.05, 0) is 59.7 Å². The normalized spacial score (nSPS) is 25.0. The second-order valence-corrected chi connectivity index (χ2v) is 7.68. The summed E-state index contributed by atoms with van der Waals surface area (Å²) in [6.07, 6.45) is 3.30. The van der Waals surface area contributed by atoms with Crippen molar-refractivity contribution in [1.29, 1.82) is 0 Å². The molecule has 2 atom stereocenters. The van der Waals surface area contributed by atoms with Gasteiger partial charge in [0.25, 0.3) is 0 Å². The van der Waals surface area contributed by atoms with Crippen LogP contribution in [0.4, 0.5) is 0 Å². The van der Waals surface area contributed by atoms with E-state index in [2.05, 4.69) is 27.6 Å². The molecular weight excluding hydrogens is 293 g/mol. The highest BCUT2D eigenvalue weighted by Gasteiger charge is 2.36. The smallest absolute Gasteiger partial charge is 0.160 e. The van der Waals surface area contributed by atoms with Gasteiger partial charge >= 0.3 is 0 Å². The number of piperidine rings is 1. The van der Waals surface area contributed by atoms with Crippen molar-refractivity contribution >= 4 is 14.2 Å². The van der Waals surface area contributed by atoms with Gasteiger partial charge in [0.05, 0.1) is 7.11 Å². The maximum atomic E-state index is 10.0. The molecule has 120 valence electrons. The van der Waals surface area contributed by atoms with E-state index in [9.17, 15) is 5.11 Å². The number of phenolic OH excluding ortho intramolecular Hbond substituents is 1. The van der Waals surface area contributed by atoms with Crippen LogP contribution < -0.4 is 4.74 Å². The van der Waals surface area contributed by atoms with Crippen LogP contribution in [0.25, 0.3) is 0 Å². The van der Waals surface area contributed by atoms with Crippen molar-refractivity contribution < 1.29 is 9.84 Å². The molecule has 0 radical (unpaired) electrons. The SMILES string of the molecule is COc1cc2c(cc1O)CCN1CC(CC(C)C)C(=P)CC21. The van der Waals surface area contributed by atoms with Crippen LogP contribution in [0.15, 0.2) is 12.1 Å². The van der Waals surface area contributed by atoms with Gasteiger partial charge in [0.15, 0.2) is 11.5 Å².